The minimum absolute atomic E-state index is 0.0608. The van der Waals surface area contributed by atoms with Crippen LogP contribution in [0.1, 0.15) is 22.3 Å². The molecule has 1 atom stereocenters. The third-order valence-corrected chi connectivity index (χ3v) is 3.37. The molecular weight excluding hydrogens is 218 g/mol. The molecule has 2 N–H and O–H groups in total. The van der Waals surface area contributed by atoms with E-state index in [4.69, 9.17) is 5.11 Å². The number of hydrogen-bond donors (Lipinski definition) is 2. The molecule has 0 aromatic heterocycles. The van der Waals surface area contributed by atoms with Crippen LogP contribution < -0.4 is 0 Å². The number of aromatic hydroxyl groups is 1. The highest BCUT2D eigenvalue weighted by Crippen LogP contribution is 2.23. The summed E-state index contributed by atoms with van der Waals surface area (Å²) in [5.74, 6) is 0.277. The van der Waals surface area contributed by atoms with Crippen LogP contribution in [-0.4, -0.2) is 40.7 Å². The van der Waals surface area contributed by atoms with Gasteiger partial charge in [0.2, 0.25) is 0 Å². The molecule has 1 aromatic carbocycles. The van der Waals surface area contributed by atoms with Gasteiger partial charge in [0.25, 0.3) is 5.91 Å². The van der Waals surface area contributed by atoms with Gasteiger partial charge in [0, 0.05) is 36.7 Å². The molecule has 0 bridgehead atoms. The molecule has 1 aliphatic heterocycles. The third kappa shape index (κ3) is 2.26. The smallest absolute Gasteiger partial charge is 0.254 e. The number of amides is 1. The first-order valence-electron chi connectivity index (χ1n) is 5.82. The lowest BCUT2D eigenvalue weighted by Gasteiger charge is -2.17. The number of carbonyl (C=O) groups is 1. The molecule has 1 amide bonds. The Labute approximate surface area is 100 Å². The monoisotopic (exact) mass is 235 g/mol. The average Bonchev–Trinajstić information content (AvgIpc) is 2.80. The van der Waals surface area contributed by atoms with E-state index in [0.717, 1.165) is 6.42 Å². The predicted octanol–water partition coefficient (Wildman–Crippen LogP) is 1.16. The number of likely N-dealkylation sites (tertiary alicyclic amines) is 1. The zero-order valence-electron chi connectivity index (χ0n) is 9.89. The van der Waals surface area contributed by atoms with Crippen molar-refractivity contribution in [2.45, 2.75) is 13.3 Å². The lowest BCUT2D eigenvalue weighted by Crippen LogP contribution is -2.29. The van der Waals surface area contributed by atoms with Crippen molar-refractivity contribution in [1.82, 2.24) is 4.90 Å². The topological polar surface area (TPSA) is 60.8 Å². The molecule has 1 saturated heterocycles. The Morgan fingerprint density at radius 3 is 2.94 bits per heavy atom. The van der Waals surface area contributed by atoms with Crippen molar-refractivity contribution in [1.29, 1.82) is 0 Å². The standard InChI is InChI=1S/C13H17NO3/c1-9-11(3-2-4-12(9)16)13(17)14-6-5-10(7-14)8-15/h2-4,10,15-16H,5-8H2,1H3. The number of carbonyl (C=O) groups excluding carboxylic acids is 1. The molecule has 1 fully saturated rings. The highest BCUT2D eigenvalue weighted by Gasteiger charge is 2.27. The quantitative estimate of drug-likeness (QED) is 0.808. The van der Waals surface area contributed by atoms with Crippen molar-refractivity contribution >= 4 is 5.91 Å². The SMILES string of the molecule is Cc1c(O)cccc1C(=O)N1CCC(CO)C1. The fourth-order valence-electron chi connectivity index (χ4n) is 2.19. The molecule has 4 nitrogen and oxygen atoms in total. The first-order chi connectivity index (χ1) is 8.13. The summed E-state index contributed by atoms with van der Waals surface area (Å²) < 4.78 is 0. The molecule has 17 heavy (non-hydrogen) atoms. The van der Waals surface area contributed by atoms with E-state index in [0.29, 0.717) is 24.2 Å². The number of nitrogens with zero attached hydrogens (tertiary/aromatic N) is 1. The molecule has 0 spiro atoms. The summed E-state index contributed by atoms with van der Waals surface area (Å²) in [6.07, 6.45) is 0.847. The normalized spacial score (nSPS) is 19.6. The molecule has 0 radical (unpaired) electrons. The summed E-state index contributed by atoms with van der Waals surface area (Å²) >= 11 is 0. The van der Waals surface area contributed by atoms with E-state index >= 15 is 0 Å². The highest BCUT2D eigenvalue weighted by molar-refractivity contribution is 5.96. The summed E-state index contributed by atoms with van der Waals surface area (Å²) in [5, 5.41) is 18.6. The molecule has 4 heteroatoms. The molecule has 0 saturated carbocycles. The van der Waals surface area contributed by atoms with Gasteiger partial charge in [0.15, 0.2) is 0 Å². The Kier molecular flexibility index (Phi) is 3.33. The number of phenolic OH excluding ortho intramolecular Hbond substituents is 1. The van der Waals surface area contributed by atoms with Crippen LogP contribution in [0, 0.1) is 12.8 Å². The van der Waals surface area contributed by atoms with Crippen molar-refractivity contribution in [2.24, 2.45) is 5.92 Å². The van der Waals surface area contributed by atoms with E-state index in [1.54, 1.807) is 30.0 Å². The number of aliphatic hydroxyl groups is 1. The van der Waals surface area contributed by atoms with Crippen LogP contribution in [0.15, 0.2) is 18.2 Å². The van der Waals surface area contributed by atoms with Crippen molar-refractivity contribution in [3.8, 4) is 5.75 Å². The molecular formula is C13H17NO3. The predicted molar refractivity (Wildman–Crippen MR) is 63.9 cm³/mol. The molecule has 2 rings (SSSR count). The zero-order chi connectivity index (χ0) is 12.4. The molecule has 1 unspecified atom stereocenters. The Balaban J connectivity index is 2.18. The maximum absolute atomic E-state index is 12.2. The van der Waals surface area contributed by atoms with Gasteiger partial charge in [-0.25, -0.2) is 0 Å². The van der Waals surface area contributed by atoms with Crippen LogP contribution in [0.4, 0.5) is 0 Å². The van der Waals surface area contributed by atoms with Gasteiger partial charge in [-0.2, -0.15) is 0 Å². The van der Waals surface area contributed by atoms with Crippen LogP contribution in [-0.2, 0) is 0 Å². The number of rotatable bonds is 2. The second-order valence-electron chi connectivity index (χ2n) is 4.54. The second-order valence-corrected chi connectivity index (χ2v) is 4.54. The third-order valence-electron chi connectivity index (χ3n) is 3.37. The highest BCUT2D eigenvalue weighted by atomic mass is 16.3. The van der Waals surface area contributed by atoms with Gasteiger partial charge < -0.3 is 15.1 Å². The van der Waals surface area contributed by atoms with E-state index in [2.05, 4.69) is 0 Å². The van der Waals surface area contributed by atoms with E-state index in [1.165, 1.54) is 0 Å². The molecule has 92 valence electrons. The molecule has 1 heterocycles. The number of phenols is 1. The van der Waals surface area contributed by atoms with Crippen LogP contribution in [0.25, 0.3) is 0 Å². The van der Waals surface area contributed by atoms with E-state index < -0.39 is 0 Å². The van der Waals surface area contributed by atoms with Crippen LogP contribution in [0.5, 0.6) is 5.75 Å². The minimum Gasteiger partial charge on any atom is -0.508 e. The Morgan fingerprint density at radius 2 is 2.29 bits per heavy atom. The molecule has 0 aliphatic carbocycles. The van der Waals surface area contributed by atoms with Gasteiger partial charge in [-0.05, 0) is 25.5 Å². The van der Waals surface area contributed by atoms with Gasteiger partial charge in [0.1, 0.15) is 5.75 Å². The lowest BCUT2D eigenvalue weighted by molar-refractivity contribution is 0.0780. The van der Waals surface area contributed by atoms with Gasteiger partial charge >= 0.3 is 0 Å². The number of aliphatic hydroxyl groups excluding tert-OH is 1. The first kappa shape index (κ1) is 11.9. The maximum Gasteiger partial charge on any atom is 0.254 e. The average molecular weight is 235 g/mol. The lowest BCUT2D eigenvalue weighted by atomic mass is 10.1. The Morgan fingerprint density at radius 1 is 1.53 bits per heavy atom. The van der Waals surface area contributed by atoms with Gasteiger partial charge in [-0.1, -0.05) is 6.07 Å². The zero-order valence-corrected chi connectivity index (χ0v) is 9.89. The Bertz CT molecular complexity index is 431. The fraction of sp³-hybridized carbons (Fsp3) is 0.462. The fourth-order valence-corrected chi connectivity index (χ4v) is 2.19. The van der Waals surface area contributed by atoms with Gasteiger partial charge in [-0.15, -0.1) is 0 Å². The van der Waals surface area contributed by atoms with E-state index in [9.17, 15) is 9.90 Å². The number of benzene rings is 1. The molecule has 1 aromatic rings. The maximum atomic E-state index is 12.2. The van der Waals surface area contributed by atoms with Crippen molar-refractivity contribution in [3.63, 3.8) is 0 Å². The Hall–Kier alpha value is -1.55. The largest absolute Gasteiger partial charge is 0.508 e. The van der Waals surface area contributed by atoms with E-state index in [1.807, 2.05) is 0 Å². The van der Waals surface area contributed by atoms with Crippen molar-refractivity contribution in [2.75, 3.05) is 19.7 Å². The minimum atomic E-state index is -0.0608. The van der Waals surface area contributed by atoms with E-state index in [-0.39, 0.29) is 24.2 Å². The van der Waals surface area contributed by atoms with Gasteiger partial charge in [0.05, 0.1) is 0 Å². The van der Waals surface area contributed by atoms with Crippen LogP contribution in [0.2, 0.25) is 0 Å². The summed E-state index contributed by atoms with van der Waals surface area (Å²) in [7, 11) is 0. The van der Waals surface area contributed by atoms with Crippen LogP contribution in [0.3, 0.4) is 0 Å². The summed E-state index contributed by atoms with van der Waals surface area (Å²) in [4.78, 5) is 14.0. The summed E-state index contributed by atoms with van der Waals surface area (Å²) in [6, 6.07) is 4.98. The second kappa shape index (κ2) is 4.75. The van der Waals surface area contributed by atoms with Gasteiger partial charge in [-0.3, -0.25) is 4.79 Å². The van der Waals surface area contributed by atoms with Crippen molar-refractivity contribution < 1.29 is 15.0 Å². The van der Waals surface area contributed by atoms with Crippen molar-refractivity contribution in [3.05, 3.63) is 29.3 Å². The van der Waals surface area contributed by atoms with Crippen LogP contribution >= 0.6 is 0 Å². The summed E-state index contributed by atoms with van der Waals surface area (Å²) in [5.41, 5.74) is 1.16. The molecule has 1 aliphatic rings. The summed E-state index contributed by atoms with van der Waals surface area (Å²) in [6.45, 7) is 3.15. The number of hydrogen-bond acceptors (Lipinski definition) is 3. The first-order valence-corrected chi connectivity index (χ1v) is 5.82.